The van der Waals surface area contributed by atoms with Crippen LogP contribution < -0.4 is 10.1 Å². The highest BCUT2D eigenvalue weighted by Gasteiger charge is 2.10. The SMILES string of the molecule is COc1ccc(/C=C/C(=O)NC[C@@H](OC)c2ccccc2)cc1O. The van der Waals surface area contributed by atoms with E-state index in [1.807, 2.05) is 30.3 Å². The molecule has 24 heavy (non-hydrogen) atoms. The van der Waals surface area contributed by atoms with Crippen molar-refractivity contribution in [2.45, 2.75) is 6.10 Å². The topological polar surface area (TPSA) is 67.8 Å². The van der Waals surface area contributed by atoms with Crippen LogP contribution in [0, 0.1) is 0 Å². The highest BCUT2D eigenvalue weighted by molar-refractivity contribution is 5.91. The number of benzene rings is 2. The molecule has 1 amide bonds. The molecule has 0 saturated carbocycles. The van der Waals surface area contributed by atoms with E-state index in [1.165, 1.54) is 19.3 Å². The molecule has 0 radical (unpaired) electrons. The second-order valence-electron chi connectivity index (χ2n) is 5.14. The highest BCUT2D eigenvalue weighted by Crippen LogP contribution is 2.26. The Morgan fingerprint density at radius 3 is 2.58 bits per heavy atom. The molecule has 1 atom stereocenters. The average Bonchev–Trinajstić information content (AvgIpc) is 2.61. The molecule has 0 heterocycles. The van der Waals surface area contributed by atoms with Crippen molar-refractivity contribution in [3.05, 3.63) is 65.7 Å². The number of carbonyl (C=O) groups is 1. The second kappa shape index (κ2) is 8.74. The summed E-state index contributed by atoms with van der Waals surface area (Å²) in [6, 6.07) is 14.6. The molecule has 0 aliphatic heterocycles. The minimum Gasteiger partial charge on any atom is -0.504 e. The molecule has 126 valence electrons. The number of phenolic OH excluding ortho intramolecular Hbond substituents is 1. The lowest BCUT2D eigenvalue weighted by atomic mass is 10.1. The van der Waals surface area contributed by atoms with Gasteiger partial charge in [-0.25, -0.2) is 0 Å². The van der Waals surface area contributed by atoms with Gasteiger partial charge in [-0.05, 0) is 29.3 Å². The van der Waals surface area contributed by atoms with Gasteiger partial charge in [-0.3, -0.25) is 4.79 Å². The Morgan fingerprint density at radius 2 is 1.96 bits per heavy atom. The molecule has 0 spiro atoms. The van der Waals surface area contributed by atoms with Crippen LogP contribution in [-0.2, 0) is 9.53 Å². The van der Waals surface area contributed by atoms with Gasteiger partial charge in [0.1, 0.15) is 0 Å². The van der Waals surface area contributed by atoms with Crippen molar-refractivity contribution in [2.24, 2.45) is 0 Å². The van der Waals surface area contributed by atoms with E-state index in [-0.39, 0.29) is 17.8 Å². The number of carbonyl (C=O) groups excluding carboxylic acids is 1. The summed E-state index contributed by atoms with van der Waals surface area (Å²) in [6.07, 6.45) is 2.84. The third-order valence-electron chi connectivity index (χ3n) is 3.55. The van der Waals surface area contributed by atoms with Gasteiger partial charge < -0.3 is 19.9 Å². The number of aromatic hydroxyl groups is 1. The predicted octanol–water partition coefficient (Wildman–Crippen LogP) is 2.92. The predicted molar refractivity (Wildman–Crippen MR) is 92.9 cm³/mol. The van der Waals surface area contributed by atoms with Crippen molar-refractivity contribution in [1.82, 2.24) is 5.32 Å². The fourth-order valence-electron chi connectivity index (χ4n) is 2.24. The summed E-state index contributed by atoms with van der Waals surface area (Å²) in [4.78, 5) is 11.9. The zero-order chi connectivity index (χ0) is 17.4. The summed E-state index contributed by atoms with van der Waals surface area (Å²) < 4.78 is 10.4. The maximum Gasteiger partial charge on any atom is 0.244 e. The molecule has 5 nitrogen and oxygen atoms in total. The van der Waals surface area contributed by atoms with Crippen LogP contribution in [0.15, 0.2) is 54.6 Å². The van der Waals surface area contributed by atoms with E-state index >= 15 is 0 Å². The molecule has 0 aromatic heterocycles. The van der Waals surface area contributed by atoms with Crippen molar-refractivity contribution in [2.75, 3.05) is 20.8 Å². The fraction of sp³-hybridized carbons (Fsp3) is 0.211. The molecular formula is C19H21NO4. The van der Waals surface area contributed by atoms with Crippen LogP contribution in [-0.4, -0.2) is 31.8 Å². The first kappa shape index (κ1) is 17.6. The fourth-order valence-corrected chi connectivity index (χ4v) is 2.24. The summed E-state index contributed by atoms with van der Waals surface area (Å²) in [5.41, 5.74) is 1.71. The monoisotopic (exact) mass is 327 g/mol. The Labute approximate surface area is 141 Å². The zero-order valence-electron chi connectivity index (χ0n) is 13.7. The minimum atomic E-state index is -0.233. The van der Waals surface area contributed by atoms with Gasteiger partial charge in [-0.15, -0.1) is 0 Å². The molecular weight excluding hydrogens is 306 g/mol. The van der Waals surface area contributed by atoms with E-state index in [0.717, 1.165) is 5.56 Å². The smallest absolute Gasteiger partial charge is 0.244 e. The highest BCUT2D eigenvalue weighted by atomic mass is 16.5. The normalized spacial score (nSPS) is 12.1. The van der Waals surface area contributed by atoms with Crippen LogP contribution in [0.5, 0.6) is 11.5 Å². The van der Waals surface area contributed by atoms with E-state index in [4.69, 9.17) is 9.47 Å². The first-order valence-corrected chi connectivity index (χ1v) is 7.54. The van der Waals surface area contributed by atoms with E-state index in [0.29, 0.717) is 17.9 Å². The van der Waals surface area contributed by atoms with Crippen LogP contribution in [0.2, 0.25) is 0 Å². The maximum atomic E-state index is 11.9. The van der Waals surface area contributed by atoms with Gasteiger partial charge >= 0.3 is 0 Å². The van der Waals surface area contributed by atoms with Gasteiger partial charge in [-0.2, -0.15) is 0 Å². The maximum absolute atomic E-state index is 11.9. The van der Waals surface area contributed by atoms with Crippen LogP contribution in [0.3, 0.4) is 0 Å². The Morgan fingerprint density at radius 1 is 1.21 bits per heavy atom. The average molecular weight is 327 g/mol. The molecule has 0 aliphatic rings. The van der Waals surface area contributed by atoms with Crippen LogP contribution in [0.4, 0.5) is 0 Å². The Bertz CT molecular complexity index is 698. The van der Waals surface area contributed by atoms with Crippen molar-refractivity contribution in [3.63, 3.8) is 0 Å². The van der Waals surface area contributed by atoms with Crippen LogP contribution in [0.25, 0.3) is 6.08 Å². The summed E-state index contributed by atoms with van der Waals surface area (Å²) >= 11 is 0. The number of ether oxygens (including phenoxy) is 2. The quantitative estimate of drug-likeness (QED) is 0.767. The van der Waals surface area contributed by atoms with Crippen LogP contribution in [0.1, 0.15) is 17.2 Å². The lowest BCUT2D eigenvalue weighted by molar-refractivity contribution is -0.117. The van der Waals surface area contributed by atoms with Crippen molar-refractivity contribution >= 4 is 12.0 Å². The van der Waals surface area contributed by atoms with Gasteiger partial charge in [0.15, 0.2) is 11.5 Å². The second-order valence-corrected chi connectivity index (χ2v) is 5.14. The summed E-state index contributed by atoms with van der Waals surface area (Å²) in [5, 5.41) is 12.5. The number of phenols is 1. The van der Waals surface area contributed by atoms with Crippen molar-refractivity contribution in [1.29, 1.82) is 0 Å². The summed E-state index contributed by atoms with van der Waals surface area (Å²) in [5.74, 6) is 0.189. The van der Waals surface area contributed by atoms with E-state index < -0.39 is 0 Å². The molecule has 5 heteroatoms. The number of hydrogen-bond acceptors (Lipinski definition) is 4. The van der Waals surface area contributed by atoms with Crippen molar-refractivity contribution < 1.29 is 19.4 Å². The van der Waals surface area contributed by atoms with E-state index in [2.05, 4.69) is 5.32 Å². The standard InChI is InChI=1S/C19H21NO4/c1-23-17-10-8-14(12-16(17)21)9-11-19(22)20-13-18(24-2)15-6-4-3-5-7-15/h3-12,18,21H,13H2,1-2H3,(H,20,22)/b11-9+/t18-/m1/s1. The molecule has 2 rings (SSSR count). The molecule has 2 aromatic rings. The third-order valence-corrected chi connectivity index (χ3v) is 3.55. The summed E-state index contributed by atoms with van der Waals surface area (Å²) in [6.45, 7) is 0.373. The lowest BCUT2D eigenvalue weighted by Gasteiger charge is -2.15. The van der Waals surface area contributed by atoms with Gasteiger partial charge in [0, 0.05) is 19.7 Å². The largest absolute Gasteiger partial charge is 0.504 e. The molecule has 0 fully saturated rings. The van der Waals surface area contributed by atoms with Crippen LogP contribution >= 0.6 is 0 Å². The molecule has 2 aromatic carbocycles. The molecule has 0 aliphatic carbocycles. The molecule has 2 N–H and O–H groups in total. The number of nitrogens with one attached hydrogen (secondary N) is 1. The third kappa shape index (κ3) is 4.86. The summed E-state index contributed by atoms with van der Waals surface area (Å²) in [7, 11) is 3.09. The Balaban J connectivity index is 1.91. The molecule has 0 unspecified atom stereocenters. The number of methoxy groups -OCH3 is 2. The molecule has 0 bridgehead atoms. The first-order valence-electron chi connectivity index (χ1n) is 7.54. The van der Waals surface area contributed by atoms with E-state index in [1.54, 1.807) is 25.3 Å². The van der Waals surface area contributed by atoms with Gasteiger partial charge in [0.25, 0.3) is 0 Å². The first-order chi connectivity index (χ1) is 11.6. The van der Waals surface area contributed by atoms with Gasteiger partial charge in [0.2, 0.25) is 5.91 Å². The Hall–Kier alpha value is -2.79. The molecule has 0 saturated heterocycles. The Kier molecular flexibility index (Phi) is 6.40. The number of rotatable bonds is 7. The van der Waals surface area contributed by atoms with Crippen molar-refractivity contribution in [3.8, 4) is 11.5 Å². The van der Waals surface area contributed by atoms with E-state index in [9.17, 15) is 9.90 Å². The van der Waals surface area contributed by atoms with Gasteiger partial charge in [-0.1, -0.05) is 36.4 Å². The van der Waals surface area contributed by atoms with Gasteiger partial charge in [0.05, 0.1) is 13.2 Å². The number of amides is 1. The minimum absolute atomic E-state index is 0.0311. The zero-order valence-corrected chi connectivity index (χ0v) is 13.7. The number of hydrogen-bond donors (Lipinski definition) is 2. The lowest BCUT2D eigenvalue weighted by Crippen LogP contribution is -2.27.